The fourth-order valence-corrected chi connectivity index (χ4v) is 2.33. The Hall–Kier alpha value is -1.68. The summed E-state index contributed by atoms with van der Waals surface area (Å²) in [6.45, 7) is 0. The van der Waals surface area contributed by atoms with Crippen molar-refractivity contribution >= 4 is 17.7 Å². The average molecular weight is 235 g/mol. The van der Waals surface area contributed by atoms with Crippen LogP contribution in [0.2, 0.25) is 0 Å². The van der Waals surface area contributed by atoms with Crippen LogP contribution in [0.4, 0.5) is 4.39 Å². The predicted octanol–water partition coefficient (Wildman–Crippen LogP) is 2.72. The Bertz CT molecular complexity index is 452. The summed E-state index contributed by atoms with van der Waals surface area (Å²) in [5, 5.41) is 4.67. The van der Waals surface area contributed by atoms with Crippen molar-refractivity contribution in [2.24, 2.45) is 0 Å². The van der Waals surface area contributed by atoms with E-state index in [2.05, 4.69) is 5.32 Å². The number of thiophene rings is 1. The highest BCUT2D eigenvalue weighted by Crippen LogP contribution is 2.25. The van der Waals surface area contributed by atoms with E-state index < -0.39 is 0 Å². The standard InChI is InChI=1S/C12H10FNOS/c13-10-5-3-9(4-6-10)12(14-8-15)11-2-1-7-16-11/h1-8,12H,(H,14,15). The molecule has 0 radical (unpaired) electrons. The van der Waals surface area contributed by atoms with E-state index in [0.29, 0.717) is 6.41 Å². The molecule has 1 aromatic carbocycles. The fourth-order valence-electron chi connectivity index (χ4n) is 1.52. The Morgan fingerprint density at radius 2 is 2.00 bits per heavy atom. The second-order valence-electron chi connectivity index (χ2n) is 3.28. The van der Waals surface area contributed by atoms with Gasteiger partial charge in [-0.3, -0.25) is 4.79 Å². The second-order valence-corrected chi connectivity index (χ2v) is 4.26. The van der Waals surface area contributed by atoms with Gasteiger partial charge < -0.3 is 5.32 Å². The van der Waals surface area contributed by atoms with Crippen LogP contribution in [-0.2, 0) is 4.79 Å². The van der Waals surface area contributed by atoms with Gasteiger partial charge in [0, 0.05) is 4.88 Å². The normalized spacial score (nSPS) is 12.1. The molecule has 2 aromatic rings. The van der Waals surface area contributed by atoms with Crippen molar-refractivity contribution in [3.63, 3.8) is 0 Å². The predicted molar refractivity (Wildman–Crippen MR) is 61.8 cm³/mol. The first-order chi connectivity index (χ1) is 7.81. The van der Waals surface area contributed by atoms with E-state index in [4.69, 9.17) is 0 Å². The van der Waals surface area contributed by atoms with Gasteiger partial charge in [-0.15, -0.1) is 11.3 Å². The summed E-state index contributed by atoms with van der Waals surface area (Å²) in [6.07, 6.45) is 0.660. The first-order valence-electron chi connectivity index (χ1n) is 4.80. The summed E-state index contributed by atoms with van der Waals surface area (Å²) < 4.78 is 12.8. The zero-order valence-electron chi connectivity index (χ0n) is 8.39. The molecular weight excluding hydrogens is 225 g/mol. The molecular formula is C12H10FNOS. The third kappa shape index (κ3) is 2.28. The summed E-state index contributed by atoms with van der Waals surface area (Å²) in [6, 6.07) is 9.80. The van der Waals surface area contributed by atoms with Crippen molar-refractivity contribution in [1.82, 2.24) is 5.32 Å². The monoisotopic (exact) mass is 235 g/mol. The van der Waals surface area contributed by atoms with Crippen molar-refractivity contribution in [2.75, 3.05) is 0 Å². The molecule has 0 aliphatic carbocycles. The highest BCUT2D eigenvalue weighted by molar-refractivity contribution is 7.10. The minimum atomic E-state index is -0.278. The van der Waals surface area contributed by atoms with Gasteiger partial charge in [0.15, 0.2) is 0 Å². The first kappa shape index (κ1) is 10.8. The highest BCUT2D eigenvalue weighted by Gasteiger charge is 2.13. The van der Waals surface area contributed by atoms with E-state index in [-0.39, 0.29) is 11.9 Å². The second kappa shape index (κ2) is 4.90. The fraction of sp³-hybridized carbons (Fsp3) is 0.0833. The van der Waals surface area contributed by atoms with Gasteiger partial charge in [-0.2, -0.15) is 0 Å². The molecule has 0 spiro atoms. The lowest BCUT2D eigenvalue weighted by atomic mass is 10.1. The van der Waals surface area contributed by atoms with Crippen LogP contribution in [0.15, 0.2) is 41.8 Å². The smallest absolute Gasteiger partial charge is 0.207 e. The molecule has 1 amide bonds. The summed E-state index contributed by atoms with van der Waals surface area (Å²) in [7, 11) is 0. The van der Waals surface area contributed by atoms with E-state index >= 15 is 0 Å². The molecule has 82 valence electrons. The molecule has 0 aliphatic heterocycles. The molecule has 1 atom stereocenters. The molecule has 0 saturated carbocycles. The van der Waals surface area contributed by atoms with E-state index in [1.54, 1.807) is 23.5 Å². The third-order valence-electron chi connectivity index (χ3n) is 2.27. The molecule has 2 nitrogen and oxygen atoms in total. The van der Waals surface area contributed by atoms with E-state index in [1.807, 2.05) is 17.5 Å². The van der Waals surface area contributed by atoms with Gasteiger partial charge in [-0.05, 0) is 29.1 Å². The highest BCUT2D eigenvalue weighted by atomic mass is 32.1. The zero-order chi connectivity index (χ0) is 11.4. The Balaban J connectivity index is 2.32. The lowest BCUT2D eigenvalue weighted by Gasteiger charge is -2.14. The van der Waals surface area contributed by atoms with Gasteiger partial charge in [0.1, 0.15) is 5.82 Å². The van der Waals surface area contributed by atoms with Crippen LogP contribution < -0.4 is 5.32 Å². The minimum absolute atomic E-state index is 0.196. The van der Waals surface area contributed by atoms with Gasteiger partial charge in [-0.1, -0.05) is 18.2 Å². The Labute approximate surface area is 96.7 Å². The molecule has 16 heavy (non-hydrogen) atoms. The number of hydrogen-bond donors (Lipinski definition) is 1. The first-order valence-corrected chi connectivity index (χ1v) is 5.68. The largest absolute Gasteiger partial charge is 0.347 e. The number of carbonyl (C=O) groups is 1. The van der Waals surface area contributed by atoms with Gasteiger partial charge in [0.25, 0.3) is 0 Å². The van der Waals surface area contributed by atoms with Crippen LogP contribution in [0, 0.1) is 5.82 Å². The molecule has 0 fully saturated rings. The summed E-state index contributed by atoms with van der Waals surface area (Å²) in [5.41, 5.74) is 0.871. The van der Waals surface area contributed by atoms with Crippen molar-refractivity contribution < 1.29 is 9.18 Å². The van der Waals surface area contributed by atoms with Gasteiger partial charge >= 0.3 is 0 Å². The quantitative estimate of drug-likeness (QED) is 0.811. The molecule has 1 unspecified atom stereocenters. The summed E-state index contributed by atoms with van der Waals surface area (Å²) >= 11 is 1.55. The Morgan fingerprint density at radius 3 is 2.56 bits per heavy atom. The maximum absolute atomic E-state index is 12.8. The Morgan fingerprint density at radius 1 is 1.25 bits per heavy atom. The van der Waals surface area contributed by atoms with E-state index in [9.17, 15) is 9.18 Å². The number of hydrogen-bond acceptors (Lipinski definition) is 2. The van der Waals surface area contributed by atoms with Gasteiger partial charge in [0.2, 0.25) is 6.41 Å². The van der Waals surface area contributed by atoms with Crippen LogP contribution in [0.25, 0.3) is 0 Å². The van der Waals surface area contributed by atoms with Crippen molar-refractivity contribution in [1.29, 1.82) is 0 Å². The minimum Gasteiger partial charge on any atom is -0.347 e. The molecule has 1 N–H and O–H groups in total. The molecule has 0 saturated heterocycles. The Kier molecular flexibility index (Phi) is 3.31. The lowest BCUT2D eigenvalue weighted by molar-refractivity contribution is -0.109. The average Bonchev–Trinajstić information content (AvgIpc) is 2.81. The topological polar surface area (TPSA) is 29.1 Å². The molecule has 2 rings (SSSR count). The number of rotatable bonds is 4. The van der Waals surface area contributed by atoms with Crippen LogP contribution in [-0.4, -0.2) is 6.41 Å². The number of carbonyl (C=O) groups excluding carboxylic acids is 1. The van der Waals surface area contributed by atoms with E-state index in [1.165, 1.54) is 12.1 Å². The van der Waals surface area contributed by atoms with Gasteiger partial charge in [-0.25, -0.2) is 4.39 Å². The number of amides is 1. The zero-order valence-corrected chi connectivity index (χ0v) is 9.21. The summed E-state index contributed by atoms with van der Waals surface area (Å²) in [4.78, 5) is 11.6. The van der Waals surface area contributed by atoms with Crippen LogP contribution in [0.1, 0.15) is 16.5 Å². The SMILES string of the molecule is O=CNC(c1ccc(F)cc1)c1cccs1. The lowest BCUT2D eigenvalue weighted by Crippen LogP contribution is -2.19. The van der Waals surface area contributed by atoms with E-state index in [0.717, 1.165) is 10.4 Å². The maximum Gasteiger partial charge on any atom is 0.207 e. The van der Waals surface area contributed by atoms with Gasteiger partial charge in [0.05, 0.1) is 6.04 Å². The number of nitrogens with one attached hydrogen (secondary N) is 1. The number of halogens is 1. The van der Waals surface area contributed by atoms with Crippen molar-refractivity contribution in [3.05, 3.63) is 58.0 Å². The van der Waals surface area contributed by atoms with Crippen LogP contribution in [0.3, 0.4) is 0 Å². The molecule has 1 heterocycles. The maximum atomic E-state index is 12.8. The van der Waals surface area contributed by atoms with Crippen LogP contribution >= 0.6 is 11.3 Å². The van der Waals surface area contributed by atoms with Crippen LogP contribution in [0.5, 0.6) is 0 Å². The summed E-state index contributed by atoms with van der Waals surface area (Å²) in [5.74, 6) is -0.278. The molecule has 0 aliphatic rings. The molecule has 4 heteroatoms. The molecule has 1 aromatic heterocycles. The van der Waals surface area contributed by atoms with Crippen molar-refractivity contribution in [3.8, 4) is 0 Å². The third-order valence-corrected chi connectivity index (χ3v) is 3.20. The van der Waals surface area contributed by atoms with Crippen molar-refractivity contribution in [2.45, 2.75) is 6.04 Å². The molecule has 0 bridgehead atoms. The number of benzene rings is 1.